The zero-order chi connectivity index (χ0) is 55.5. The van der Waals surface area contributed by atoms with E-state index in [4.69, 9.17) is 4.74 Å². The van der Waals surface area contributed by atoms with Crippen molar-refractivity contribution in [3.8, 4) is 0 Å². The Kier molecular flexibility index (Phi) is 28.7. The van der Waals surface area contributed by atoms with Crippen molar-refractivity contribution in [2.45, 2.75) is 200 Å². The minimum atomic E-state index is -1.56. The summed E-state index contributed by atoms with van der Waals surface area (Å²) in [6.45, 7) is 20.1. The number of nitrogens with one attached hydrogen (secondary N) is 9. The molecule has 0 aromatic heterocycles. The maximum atomic E-state index is 13.6. The molecular weight excluding hydrogens is 955 g/mol. The lowest BCUT2D eigenvalue weighted by Gasteiger charge is -2.33. The van der Waals surface area contributed by atoms with Crippen molar-refractivity contribution in [2.75, 3.05) is 65.6 Å². The van der Waals surface area contributed by atoms with E-state index < -0.39 is 95.1 Å². The molecule has 2 rings (SSSR count). The number of carbonyl (C=O) groups is 10. The average molecular weight is 1050 g/mol. The first kappa shape index (κ1) is 64.7. The third-order valence-corrected chi connectivity index (χ3v) is 13.0. The summed E-state index contributed by atoms with van der Waals surface area (Å²) in [6.07, 6.45) is 10.5. The van der Waals surface area contributed by atoms with E-state index in [0.29, 0.717) is 65.0 Å². The molecule has 0 spiro atoms. The molecule has 0 aromatic carbocycles. The van der Waals surface area contributed by atoms with Crippen molar-refractivity contribution in [1.29, 1.82) is 0 Å². The van der Waals surface area contributed by atoms with Gasteiger partial charge in [-0.2, -0.15) is 0 Å². The summed E-state index contributed by atoms with van der Waals surface area (Å²) in [7, 11) is 0. The predicted octanol–water partition coefficient (Wildman–Crippen LogP) is 1.20. The lowest BCUT2D eigenvalue weighted by molar-refractivity contribution is -0.139. The van der Waals surface area contributed by atoms with Crippen molar-refractivity contribution >= 4 is 59.1 Å². The minimum absolute atomic E-state index is 0.0398. The van der Waals surface area contributed by atoms with Gasteiger partial charge in [-0.05, 0) is 79.6 Å². The highest BCUT2D eigenvalue weighted by molar-refractivity contribution is 5.99. The smallest absolute Gasteiger partial charge is 0.246 e. The molecule has 0 bridgehead atoms. The van der Waals surface area contributed by atoms with Crippen molar-refractivity contribution in [2.24, 2.45) is 5.92 Å². The van der Waals surface area contributed by atoms with E-state index in [0.717, 1.165) is 64.5 Å². The molecule has 10 amide bonds. The van der Waals surface area contributed by atoms with Crippen LogP contribution in [0, 0.1) is 5.92 Å². The predicted molar refractivity (Wildman–Crippen MR) is 281 cm³/mol. The Bertz CT molecular complexity index is 1870. The molecule has 422 valence electrons. The molecule has 74 heavy (non-hydrogen) atoms. The van der Waals surface area contributed by atoms with Crippen molar-refractivity contribution in [3.05, 3.63) is 0 Å². The van der Waals surface area contributed by atoms with Crippen LogP contribution >= 0.6 is 0 Å². The second-order valence-electron chi connectivity index (χ2n) is 21.6. The molecule has 0 aliphatic carbocycles. The highest BCUT2D eigenvalue weighted by Gasteiger charge is 2.39. The number of morpholine rings is 1. The van der Waals surface area contributed by atoms with Gasteiger partial charge >= 0.3 is 0 Å². The van der Waals surface area contributed by atoms with Crippen molar-refractivity contribution in [3.63, 3.8) is 0 Å². The number of nitrogens with zero attached hydrogens (tertiary/aromatic N) is 2. The van der Waals surface area contributed by atoms with Crippen LogP contribution in [0.3, 0.4) is 0 Å². The molecule has 2 aliphatic rings. The van der Waals surface area contributed by atoms with E-state index in [-0.39, 0.29) is 37.1 Å². The standard InChI is InChI=1S/C52H93N11O11/c1-11-13-15-16-17-19-21-37(58-46(70)39-22-20-27-63(39)43(67)23-18-14-12-2)44(68)55-35-42(66)59-50(5,6)48(72)56-34-41(65)57-38(33-36(3)4)45(69)60-52(9,10)49(73)61-51(7,8)47(71)54-25-24-40(64)53-26-28-62-29-31-74-32-30-62/h36-39H,11-35H2,1-10H3,(H,53,64)(H,54,71)(H,55,68)(H,56,72)(H,57,65)(H,58,70)(H,59,66)(H,60,69)(H,61,73). The van der Waals surface area contributed by atoms with Crippen LogP contribution in [-0.4, -0.2) is 169 Å². The first-order valence-corrected chi connectivity index (χ1v) is 27.1. The Morgan fingerprint density at radius 3 is 1.82 bits per heavy atom. The SMILES string of the molecule is CCCCCCCCC(NC(=O)C1CCCN1C(=O)CCCCC)C(=O)NCC(=O)NC(C)(C)C(=O)NCC(=O)NC(CC(C)C)C(=O)NC(C)(C)C(=O)NC(C)(C)C(=O)NCCC(=O)NCCN1CCOCC1. The average Bonchev–Trinajstić information content (AvgIpc) is 3.83. The van der Waals surface area contributed by atoms with E-state index >= 15 is 0 Å². The van der Waals surface area contributed by atoms with Crippen LogP contribution in [0.5, 0.6) is 0 Å². The number of amides is 10. The van der Waals surface area contributed by atoms with Gasteiger partial charge in [0.05, 0.1) is 26.3 Å². The van der Waals surface area contributed by atoms with Gasteiger partial charge in [0.25, 0.3) is 0 Å². The summed E-state index contributed by atoms with van der Waals surface area (Å²) < 4.78 is 5.33. The van der Waals surface area contributed by atoms with E-state index in [1.807, 2.05) is 13.8 Å². The third-order valence-electron chi connectivity index (χ3n) is 13.0. The van der Waals surface area contributed by atoms with Gasteiger partial charge in [0.15, 0.2) is 0 Å². The normalized spacial score (nSPS) is 16.0. The highest BCUT2D eigenvalue weighted by atomic mass is 16.5. The quantitative estimate of drug-likeness (QED) is 0.0411. The molecule has 2 saturated heterocycles. The lowest BCUT2D eigenvalue weighted by Crippen LogP contribution is -2.64. The monoisotopic (exact) mass is 1050 g/mol. The number of carbonyl (C=O) groups excluding carboxylic acids is 10. The molecule has 0 radical (unpaired) electrons. The van der Waals surface area contributed by atoms with Crippen LogP contribution in [0.1, 0.15) is 166 Å². The van der Waals surface area contributed by atoms with Gasteiger partial charge < -0.3 is 57.5 Å². The molecule has 3 unspecified atom stereocenters. The fourth-order valence-corrected chi connectivity index (χ4v) is 8.47. The van der Waals surface area contributed by atoms with Crippen LogP contribution in [-0.2, 0) is 52.7 Å². The Labute approximate surface area is 440 Å². The molecule has 9 N–H and O–H groups in total. The second-order valence-corrected chi connectivity index (χ2v) is 21.6. The van der Waals surface area contributed by atoms with Gasteiger partial charge in [-0.15, -0.1) is 0 Å². The Balaban J connectivity index is 1.92. The summed E-state index contributed by atoms with van der Waals surface area (Å²) in [5.41, 5.74) is -4.54. The first-order valence-electron chi connectivity index (χ1n) is 27.1. The number of hydrogen-bond donors (Lipinski definition) is 9. The van der Waals surface area contributed by atoms with Gasteiger partial charge in [0.1, 0.15) is 34.7 Å². The van der Waals surface area contributed by atoms with Gasteiger partial charge in [0.2, 0.25) is 59.1 Å². The first-order chi connectivity index (χ1) is 34.8. The van der Waals surface area contributed by atoms with Gasteiger partial charge in [-0.3, -0.25) is 52.8 Å². The molecule has 2 heterocycles. The van der Waals surface area contributed by atoms with Crippen molar-refractivity contribution in [1.82, 2.24) is 57.7 Å². The van der Waals surface area contributed by atoms with Gasteiger partial charge in [0, 0.05) is 52.1 Å². The van der Waals surface area contributed by atoms with Gasteiger partial charge in [-0.25, -0.2) is 0 Å². The lowest BCUT2D eigenvalue weighted by atomic mass is 9.97. The van der Waals surface area contributed by atoms with E-state index in [1.54, 1.807) is 4.90 Å². The Hall–Kier alpha value is -5.38. The summed E-state index contributed by atoms with van der Waals surface area (Å²) in [5, 5.41) is 23.9. The fourth-order valence-electron chi connectivity index (χ4n) is 8.47. The minimum Gasteiger partial charge on any atom is -0.379 e. The van der Waals surface area contributed by atoms with Crippen LogP contribution in [0.2, 0.25) is 0 Å². The summed E-state index contributed by atoms with van der Waals surface area (Å²) in [5.74, 6) is -5.42. The van der Waals surface area contributed by atoms with Gasteiger partial charge in [-0.1, -0.05) is 79.1 Å². The number of likely N-dealkylation sites (tertiary alicyclic amines) is 1. The number of ether oxygens (including phenoxy) is 1. The van der Waals surface area contributed by atoms with Crippen LogP contribution in [0.15, 0.2) is 0 Å². The van der Waals surface area contributed by atoms with E-state index in [2.05, 4.69) is 66.6 Å². The molecular formula is C52H93N11O11. The third kappa shape index (κ3) is 24.3. The zero-order valence-electron chi connectivity index (χ0n) is 46.4. The molecule has 22 heteroatoms. The molecule has 0 aromatic rings. The van der Waals surface area contributed by atoms with Crippen LogP contribution in [0.4, 0.5) is 0 Å². The summed E-state index contributed by atoms with van der Waals surface area (Å²) in [4.78, 5) is 136. The fraction of sp³-hybridized carbons (Fsp3) is 0.808. The van der Waals surface area contributed by atoms with Crippen LogP contribution in [0.25, 0.3) is 0 Å². The number of unbranched alkanes of at least 4 members (excludes halogenated alkanes) is 7. The van der Waals surface area contributed by atoms with E-state index in [9.17, 15) is 47.9 Å². The Morgan fingerprint density at radius 1 is 0.568 bits per heavy atom. The largest absolute Gasteiger partial charge is 0.379 e. The topological polar surface area (TPSA) is 295 Å². The maximum Gasteiger partial charge on any atom is 0.246 e. The zero-order valence-corrected chi connectivity index (χ0v) is 46.4. The van der Waals surface area contributed by atoms with Crippen molar-refractivity contribution < 1.29 is 52.7 Å². The molecule has 2 aliphatic heterocycles. The number of hydrogen-bond acceptors (Lipinski definition) is 12. The highest BCUT2D eigenvalue weighted by Crippen LogP contribution is 2.21. The summed E-state index contributed by atoms with van der Waals surface area (Å²) in [6, 6.07) is -2.74. The number of rotatable bonds is 34. The molecule has 2 fully saturated rings. The Morgan fingerprint density at radius 2 is 1.16 bits per heavy atom. The molecule has 0 saturated carbocycles. The molecule has 3 atom stereocenters. The summed E-state index contributed by atoms with van der Waals surface area (Å²) >= 11 is 0. The maximum absolute atomic E-state index is 13.6. The van der Waals surface area contributed by atoms with Crippen LogP contribution < -0.4 is 47.9 Å². The molecule has 22 nitrogen and oxygen atoms in total. The van der Waals surface area contributed by atoms with E-state index in [1.165, 1.54) is 41.5 Å². The second kappa shape index (κ2) is 32.8.